The van der Waals surface area contributed by atoms with Crippen LogP contribution in [-0.4, -0.2) is 21.5 Å². The fourth-order valence-corrected chi connectivity index (χ4v) is 5.48. The number of anilines is 1. The molecule has 0 saturated heterocycles. The highest BCUT2D eigenvalue weighted by Crippen LogP contribution is 2.42. The maximum Gasteiger partial charge on any atom is 0.149 e. The number of rotatable bonds is 6. The van der Waals surface area contributed by atoms with Gasteiger partial charge < -0.3 is 10.7 Å². The van der Waals surface area contributed by atoms with Crippen LogP contribution in [0.3, 0.4) is 0 Å². The fraction of sp³-hybridized carbons (Fsp3) is 0.250. The summed E-state index contributed by atoms with van der Waals surface area (Å²) in [6.07, 6.45) is 2.21. The van der Waals surface area contributed by atoms with Crippen molar-refractivity contribution in [1.82, 2.24) is 25.8 Å². The summed E-state index contributed by atoms with van der Waals surface area (Å²) in [6, 6.07) is 17.7. The molecule has 5 rings (SSSR count). The molecule has 1 aliphatic rings. The zero-order valence-corrected chi connectivity index (χ0v) is 23.1. The number of para-hydroxylation sites is 2. The second-order valence-electron chi connectivity index (χ2n) is 10.7. The smallest absolute Gasteiger partial charge is 0.149 e. The molecule has 3 N–H and O–H groups in total. The van der Waals surface area contributed by atoms with E-state index in [1.165, 1.54) is 12.1 Å². The van der Waals surface area contributed by atoms with Gasteiger partial charge in [0, 0.05) is 17.8 Å². The van der Waals surface area contributed by atoms with E-state index in [1.54, 1.807) is 16.8 Å². The minimum Gasteiger partial charge on any atom is -0.353 e. The Morgan fingerprint density at radius 2 is 1.88 bits per heavy atom. The molecule has 1 aromatic heterocycles. The van der Waals surface area contributed by atoms with E-state index >= 15 is 4.39 Å². The number of fused-ring (bicyclic) bond motifs is 1. The number of allylic oxidation sites excluding steroid dienone is 1. The van der Waals surface area contributed by atoms with Crippen molar-refractivity contribution < 1.29 is 8.78 Å². The lowest BCUT2D eigenvalue weighted by atomic mass is 9.71. The first kappa shape index (κ1) is 27.3. The maximum absolute atomic E-state index is 15.5. The highest BCUT2D eigenvalue weighted by atomic mass is 19.1. The molecule has 0 fully saturated rings. The standard InChI is InChI=1S/C32H34F2N6/c1-20-14-15-27(26(34)18-20)36-22(3)30-21(2)32(5,16-9-17-35-37-23(30)4)19-24-10-8-11-25(33)31(24)40-29-13-7-6-12-28(29)38-39-40/h6-8,10-15,18,35-37H,3-4,9,16-17,19H2,1-2,5H3. The van der Waals surface area contributed by atoms with Gasteiger partial charge in [0.1, 0.15) is 22.8 Å². The van der Waals surface area contributed by atoms with Crippen molar-refractivity contribution in [1.29, 1.82) is 0 Å². The van der Waals surface area contributed by atoms with E-state index in [0.29, 0.717) is 41.3 Å². The van der Waals surface area contributed by atoms with E-state index in [1.807, 2.05) is 43.3 Å². The Kier molecular flexibility index (Phi) is 7.54. The average Bonchev–Trinajstić information content (AvgIpc) is 3.35. The summed E-state index contributed by atoms with van der Waals surface area (Å²) in [5, 5.41) is 11.7. The summed E-state index contributed by atoms with van der Waals surface area (Å²) in [7, 11) is 0. The first-order valence-corrected chi connectivity index (χ1v) is 13.4. The van der Waals surface area contributed by atoms with Crippen molar-refractivity contribution in [3.05, 3.63) is 119 Å². The zero-order chi connectivity index (χ0) is 28.4. The van der Waals surface area contributed by atoms with Crippen LogP contribution in [0.25, 0.3) is 16.7 Å². The Morgan fingerprint density at radius 1 is 1.07 bits per heavy atom. The molecule has 0 amide bonds. The monoisotopic (exact) mass is 540 g/mol. The van der Waals surface area contributed by atoms with Gasteiger partial charge in [-0.1, -0.05) is 61.2 Å². The molecule has 0 bridgehead atoms. The highest BCUT2D eigenvalue weighted by Gasteiger charge is 2.33. The lowest BCUT2D eigenvalue weighted by molar-refractivity contribution is 0.346. The van der Waals surface area contributed by atoms with E-state index in [9.17, 15) is 4.39 Å². The van der Waals surface area contributed by atoms with Gasteiger partial charge in [-0.2, -0.15) is 0 Å². The number of nitrogens with zero attached hydrogens (tertiary/aromatic N) is 3. The molecule has 8 heteroatoms. The minimum absolute atomic E-state index is 0.337. The molecule has 0 saturated carbocycles. The number of halogens is 2. The van der Waals surface area contributed by atoms with Crippen LogP contribution >= 0.6 is 0 Å². The normalized spacial score (nSPS) is 18.2. The quantitative estimate of drug-likeness (QED) is 0.248. The van der Waals surface area contributed by atoms with Gasteiger partial charge in [-0.15, -0.1) is 5.10 Å². The Balaban J connectivity index is 1.59. The number of aryl methyl sites for hydroxylation is 1. The van der Waals surface area contributed by atoms with E-state index < -0.39 is 5.41 Å². The van der Waals surface area contributed by atoms with Crippen molar-refractivity contribution in [3.63, 3.8) is 0 Å². The lowest BCUT2D eigenvalue weighted by Gasteiger charge is -2.34. The predicted octanol–water partition coefficient (Wildman–Crippen LogP) is 6.90. The Hall–Kier alpha value is -4.30. The third-order valence-corrected chi connectivity index (χ3v) is 7.78. The summed E-state index contributed by atoms with van der Waals surface area (Å²) in [5.74, 6) is -0.721. The van der Waals surface area contributed by atoms with Gasteiger partial charge >= 0.3 is 0 Å². The zero-order valence-electron chi connectivity index (χ0n) is 23.1. The molecule has 0 aliphatic carbocycles. The van der Waals surface area contributed by atoms with Crippen molar-refractivity contribution in [3.8, 4) is 5.69 Å². The van der Waals surface area contributed by atoms with E-state index in [2.05, 4.69) is 53.5 Å². The fourth-order valence-electron chi connectivity index (χ4n) is 5.48. The number of hydrazine groups is 1. The van der Waals surface area contributed by atoms with Gasteiger partial charge in [0.25, 0.3) is 0 Å². The maximum atomic E-state index is 15.5. The van der Waals surface area contributed by atoms with Gasteiger partial charge in [-0.05, 0) is 80.0 Å². The molecule has 2 heterocycles. The molecule has 0 spiro atoms. The SMILES string of the molecule is C=C1NNCCCC(C)(Cc2cccc(F)c2-n2nnc3ccccc32)C(C)=C1C(=C)Nc1ccc(C)cc1F. The van der Waals surface area contributed by atoms with E-state index in [4.69, 9.17) is 0 Å². The first-order valence-electron chi connectivity index (χ1n) is 13.4. The number of benzene rings is 3. The van der Waals surface area contributed by atoms with Gasteiger partial charge in [-0.3, -0.25) is 0 Å². The molecule has 1 atom stereocenters. The van der Waals surface area contributed by atoms with Crippen molar-refractivity contribution in [2.24, 2.45) is 5.41 Å². The molecule has 40 heavy (non-hydrogen) atoms. The van der Waals surface area contributed by atoms with Gasteiger partial charge in [0.15, 0.2) is 0 Å². The number of nitrogens with one attached hydrogen (secondary N) is 3. The van der Waals surface area contributed by atoms with Crippen LogP contribution in [0.1, 0.15) is 37.8 Å². The second-order valence-corrected chi connectivity index (χ2v) is 10.7. The van der Waals surface area contributed by atoms with Crippen molar-refractivity contribution >= 4 is 16.7 Å². The number of aromatic nitrogens is 3. The van der Waals surface area contributed by atoms with Gasteiger partial charge in [0.05, 0.1) is 16.9 Å². The van der Waals surface area contributed by atoms with Gasteiger partial charge in [-0.25, -0.2) is 18.9 Å². The Labute approximate surface area is 233 Å². The van der Waals surface area contributed by atoms with Crippen LogP contribution in [-0.2, 0) is 6.42 Å². The molecule has 206 valence electrons. The second kappa shape index (κ2) is 11.1. The molecule has 0 radical (unpaired) electrons. The topological polar surface area (TPSA) is 66.8 Å². The Morgan fingerprint density at radius 3 is 2.67 bits per heavy atom. The van der Waals surface area contributed by atoms with Crippen LogP contribution in [0.4, 0.5) is 14.5 Å². The minimum atomic E-state index is -0.415. The van der Waals surface area contributed by atoms with Crippen molar-refractivity contribution in [2.75, 3.05) is 11.9 Å². The molecule has 6 nitrogen and oxygen atoms in total. The number of hydrogen-bond donors (Lipinski definition) is 3. The summed E-state index contributed by atoms with van der Waals surface area (Å²) < 4.78 is 31.8. The third kappa shape index (κ3) is 5.27. The molecule has 1 unspecified atom stereocenters. The number of hydrogen-bond acceptors (Lipinski definition) is 5. The first-order chi connectivity index (χ1) is 19.2. The molecule has 1 aliphatic heterocycles. The summed E-state index contributed by atoms with van der Waals surface area (Å²) >= 11 is 0. The summed E-state index contributed by atoms with van der Waals surface area (Å²) in [6.45, 7) is 15.3. The van der Waals surface area contributed by atoms with Crippen LogP contribution in [0, 0.1) is 24.0 Å². The van der Waals surface area contributed by atoms with Crippen LogP contribution in [0.15, 0.2) is 96.4 Å². The van der Waals surface area contributed by atoms with Gasteiger partial charge in [0.2, 0.25) is 0 Å². The van der Waals surface area contributed by atoms with E-state index in [-0.39, 0.29) is 11.6 Å². The highest BCUT2D eigenvalue weighted by molar-refractivity contribution is 5.76. The third-order valence-electron chi connectivity index (χ3n) is 7.78. The largest absolute Gasteiger partial charge is 0.353 e. The molecular formula is C32H34F2N6. The summed E-state index contributed by atoms with van der Waals surface area (Å²) in [5.41, 5.74) is 12.7. The lowest BCUT2D eigenvalue weighted by Crippen LogP contribution is -2.32. The molecule has 4 aromatic rings. The molecule has 3 aromatic carbocycles. The van der Waals surface area contributed by atoms with Crippen LogP contribution < -0.4 is 16.2 Å². The van der Waals surface area contributed by atoms with Crippen LogP contribution in [0.5, 0.6) is 0 Å². The average molecular weight is 541 g/mol. The van der Waals surface area contributed by atoms with Crippen molar-refractivity contribution in [2.45, 2.75) is 40.0 Å². The Bertz CT molecular complexity index is 1640. The van der Waals surface area contributed by atoms with E-state index in [0.717, 1.165) is 40.6 Å². The molecular weight excluding hydrogens is 506 g/mol. The van der Waals surface area contributed by atoms with Crippen LogP contribution in [0.2, 0.25) is 0 Å². The summed E-state index contributed by atoms with van der Waals surface area (Å²) in [4.78, 5) is 0. The predicted molar refractivity (Wildman–Crippen MR) is 157 cm³/mol.